The maximum atomic E-state index is 12.9. The van der Waals surface area contributed by atoms with E-state index in [0.29, 0.717) is 22.6 Å². The Morgan fingerprint density at radius 2 is 1.86 bits per heavy atom. The minimum atomic E-state index is -0.116. The highest BCUT2D eigenvalue weighted by Crippen LogP contribution is 2.35. The number of methoxy groups -OCH3 is 1. The van der Waals surface area contributed by atoms with Gasteiger partial charge in [0.15, 0.2) is 5.78 Å². The van der Waals surface area contributed by atoms with Gasteiger partial charge in [-0.3, -0.25) is 4.79 Å². The van der Waals surface area contributed by atoms with Crippen molar-refractivity contribution in [3.05, 3.63) is 56.6 Å². The van der Waals surface area contributed by atoms with Gasteiger partial charge in [0.1, 0.15) is 5.75 Å². The summed E-state index contributed by atoms with van der Waals surface area (Å²) in [6.45, 7) is 5.70. The molecular weight excluding hydrogens is 330 g/mol. The van der Waals surface area contributed by atoms with Crippen molar-refractivity contribution in [3.8, 4) is 5.75 Å². The minimum absolute atomic E-state index is 0.116. The summed E-state index contributed by atoms with van der Waals surface area (Å²) in [6, 6.07) is 7.43. The van der Waals surface area contributed by atoms with Crippen LogP contribution in [-0.4, -0.2) is 12.9 Å². The Morgan fingerprint density at radius 3 is 2.48 bits per heavy atom. The van der Waals surface area contributed by atoms with Crippen molar-refractivity contribution >= 4 is 27.4 Å². The van der Waals surface area contributed by atoms with Crippen molar-refractivity contribution < 1.29 is 9.53 Å². The van der Waals surface area contributed by atoms with Gasteiger partial charge in [0.05, 0.1) is 12.7 Å². The fraction of sp³-hybridized carbons (Fsp3) is 0.235. The zero-order valence-electron chi connectivity index (χ0n) is 12.6. The van der Waals surface area contributed by atoms with Gasteiger partial charge in [0, 0.05) is 15.7 Å². The molecule has 0 radical (unpaired) electrons. The lowest BCUT2D eigenvalue weighted by Gasteiger charge is -2.16. The summed E-state index contributed by atoms with van der Waals surface area (Å²) in [6.07, 6.45) is 0. The molecule has 110 valence electrons. The summed E-state index contributed by atoms with van der Waals surface area (Å²) in [5.41, 5.74) is 10.3. The molecule has 0 fully saturated rings. The van der Waals surface area contributed by atoms with Crippen molar-refractivity contribution in [2.24, 2.45) is 0 Å². The maximum Gasteiger partial charge on any atom is 0.199 e. The minimum Gasteiger partial charge on any atom is -0.496 e. The molecule has 0 spiro atoms. The number of ketones is 1. The zero-order valence-corrected chi connectivity index (χ0v) is 14.2. The zero-order chi connectivity index (χ0) is 15.7. The molecule has 21 heavy (non-hydrogen) atoms. The Balaban J connectivity index is 2.72. The third-order valence-corrected chi connectivity index (χ3v) is 4.49. The highest BCUT2D eigenvalue weighted by molar-refractivity contribution is 9.10. The number of carbonyl (C=O) groups is 1. The van der Waals surface area contributed by atoms with Crippen LogP contribution in [0.2, 0.25) is 0 Å². The molecule has 0 amide bonds. The van der Waals surface area contributed by atoms with E-state index in [0.717, 1.165) is 21.2 Å². The van der Waals surface area contributed by atoms with Crippen LogP contribution in [0.15, 0.2) is 28.7 Å². The number of anilines is 1. The fourth-order valence-corrected chi connectivity index (χ4v) is 2.94. The fourth-order valence-electron chi connectivity index (χ4n) is 2.40. The van der Waals surface area contributed by atoms with Crippen molar-refractivity contribution in [1.82, 2.24) is 0 Å². The molecule has 0 atom stereocenters. The Morgan fingerprint density at radius 1 is 1.19 bits per heavy atom. The van der Waals surface area contributed by atoms with Gasteiger partial charge < -0.3 is 10.5 Å². The molecule has 0 saturated heterocycles. The summed E-state index contributed by atoms with van der Waals surface area (Å²) in [7, 11) is 1.58. The molecule has 2 N–H and O–H groups in total. The van der Waals surface area contributed by atoms with Gasteiger partial charge in [0.2, 0.25) is 0 Å². The van der Waals surface area contributed by atoms with Crippen molar-refractivity contribution in [2.45, 2.75) is 20.8 Å². The van der Waals surface area contributed by atoms with Crippen LogP contribution in [0.3, 0.4) is 0 Å². The molecule has 0 aromatic heterocycles. The molecular formula is C17H18BrNO2. The lowest BCUT2D eigenvalue weighted by molar-refractivity contribution is 0.103. The van der Waals surface area contributed by atoms with Gasteiger partial charge in [0.25, 0.3) is 0 Å². The van der Waals surface area contributed by atoms with Crippen LogP contribution in [0.4, 0.5) is 5.69 Å². The topological polar surface area (TPSA) is 52.3 Å². The second kappa shape index (κ2) is 5.90. The lowest BCUT2D eigenvalue weighted by atomic mass is 9.94. The van der Waals surface area contributed by atoms with Crippen molar-refractivity contribution in [2.75, 3.05) is 12.8 Å². The Labute approximate surface area is 133 Å². The number of halogens is 1. The lowest BCUT2D eigenvalue weighted by Crippen LogP contribution is -2.11. The van der Waals surface area contributed by atoms with Crippen molar-refractivity contribution in [3.63, 3.8) is 0 Å². The third kappa shape index (κ3) is 2.68. The average molecular weight is 348 g/mol. The smallest absolute Gasteiger partial charge is 0.199 e. The largest absolute Gasteiger partial charge is 0.496 e. The maximum absolute atomic E-state index is 12.9. The van der Waals surface area contributed by atoms with Crippen molar-refractivity contribution in [1.29, 1.82) is 0 Å². The number of aryl methyl sites for hydroxylation is 2. The Hall–Kier alpha value is -1.81. The molecule has 4 heteroatoms. The molecule has 0 bridgehead atoms. The molecule has 0 saturated carbocycles. The number of para-hydroxylation sites is 1. The second-order valence-electron chi connectivity index (χ2n) is 5.07. The summed E-state index contributed by atoms with van der Waals surface area (Å²) in [5, 5.41) is 0. The van der Waals surface area contributed by atoms with E-state index in [1.165, 1.54) is 0 Å². The van der Waals surface area contributed by atoms with Crippen LogP contribution in [0.5, 0.6) is 5.75 Å². The predicted molar refractivity (Wildman–Crippen MR) is 89.2 cm³/mol. The van der Waals surface area contributed by atoms with Gasteiger partial charge in [-0.05, 0) is 49.6 Å². The third-order valence-electron chi connectivity index (χ3n) is 3.66. The molecule has 3 nitrogen and oxygen atoms in total. The highest BCUT2D eigenvalue weighted by atomic mass is 79.9. The summed E-state index contributed by atoms with van der Waals surface area (Å²) in [5.74, 6) is 0.483. The number of nitrogens with two attached hydrogens (primary N) is 1. The van der Waals surface area contributed by atoms with E-state index in [1.54, 1.807) is 13.2 Å². The molecule has 2 aromatic rings. The van der Waals surface area contributed by atoms with Gasteiger partial charge in [-0.25, -0.2) is 0 Å². The Bertz CT molecular complexity index is 723. The first-order valence-corrected chi connectivity index (χ1v) is 7.41. The number of hydrogen-bond acceptors (Lipinski definition) is 3. The number of rotatable bonds is 3. The van der Waals surface area contributed by atoms with Gasteiger partial charge in [-0.1, -0.05) is 28.1 Å². The van der Waals surface area contributed by atoms with E-state index < -0.39 is 0 Å². The molecule has 2 rings (SSSR count). The standard InChI is InChI=1S/C17H18BrNO2/c1-9-6-5-7-12(15(9)19)16(20)14-11(3)13(18)8-10(2)17(14)21-4/h5-8H,19H2,1-4H3. The van der Waals surface area contributed by atoms with E-state index >= 15 is 0 Å². The van der Waals surface area contributed by atoms with Crippen LogP contribution >= 0.6 is 15.9 Å². The first-order chi connectivity index (χ1) is 9.88. The Kier molecular flexibility index (Phi) is 4.37. The molecule has 0 aliphatic carbocycles. The van der Waals surface area contributed by atoms with Gasteiger partial charge in [-0.15, -0.1) is 0 Å². The van der Waals surface area contributed by atoms with E-state index in [1.807, 2.05) is 39.0 Å². The van der Waals surface area contributed by atoms with E-state index in [4.69, 9.17) is 10.5 Å². The highest BCUT2D eigenvalue weighted by Gasteiger charge is 2.22. The molecule has 0 aliphatic rings. The van der Waals surface area contributed by atoms with Crippen LogP contribution in [0, 0.1) is 20.8 Å². The number of ether oxygens (including phenoxy) is 1. The summed E-state index contributed by atoms with van der Waals surface area (Å²) in [4.78, 5) is 12.9. The monoisotopic (exact) mass is 347 g/mol. The van der Waals surface area contributed by atoms with Crippen LogP contribution in [0.25, 0.3) is 0 Å². The first kappa shape index (κ1) is 15.6. The molecule has 0 heterocycles. The number of nitrogen functional groups attached to an aromatic ring is 1. The number of hydrogen-bond donors (Lipinski definition) is 1. The molecule has 0 unspecified atom stereocenters. The average Bonchev–Trinajstić information content (AvgIpc) is 2.44. The second-order valence-corrected chi connectivity index (χ2v) is 5.93. The number of carbonyl (C=O) groups excluding carboxylic acids is 1. The normalized spacial score (nSPS) is 10.5. The summed E-state index contributed by atoms with van der Waals surface area (Å²) >= 11 is 3.50. The summed E-state index contributed by atoms with van der Waals surface area (Å²) < 4.78 is 6.33. The molecule has 0 aliphatic heterocycles. The van der Waals surface area contributed by atoms with Crippen LogP contribution in [-0.2, 0) is 0 Å². The molecule has 2 aromatic carbocycles. The van der Waals surface area contributed by atoms with E-state index in [2.05, 4.69) is 15.9 Å². The van der Waals surface area contributed by atoms with Crippen LogP contribution in [0.1, 0.15) is 32.6 Å². The van der Waals surface area contributed by atoms with Gasteiger partial charge in [-0.2, -0.15) is 0 Å². The number of benzene rings is 2. The van der Waals surface area contributed by atoms with Crippen LogP contribution < -0.4 is 10.5 Å². The first-order valence-electron chi connectivity index (χ1n) is 6.62. The van der Waals surface area contributed by atoms with E-state index in [-0.39, 0.29) is 5.78 Å². The quantitative estimate of drug-likeness (QED) is 0.668. The predicted octanol–water partition coefficient (Wildman–Crippen LogP) is 4.20. The SMILES string of the molecule is COc1c(C)cc(Br)c(C)c1C(=O)c1cccc(C)c1N. The van der Waals surface area contributed by atoms with Gasteiger partial charge >= 0.3 is 0 Å². The van der Waals surface area contributed by atoms with E-state index in [9.17, 15) is 4.79 Å².